The molecule has 1 saturated heterocycles. The van der Waals surface area contributed by atoms with E-state index in [2.05, 4.69) is 25.2 Å². The number of benzene rings is 1. The summed E-state index contributed by atoms with van der Waals surface area (Å²) in [4.78, 5) is 12.6. The van der Waals surface area contributed by atoms with Crippen LogP contribution in [-0.2, 0) is 16.0 Å². The van der Waals surface area contributed by atoms with E-state index in [0.717, 1.165) is 24.8 Å². The molecule has 2 aliphatic carbocycles. The first-order valence-electron chi connectivity index (χ1n) is 10.6. The number of hydrogen-bond acceptors (Lipinski definition) is 6. The molecular weight excluding hydrogens is 370 g/mol. The zero-order valence-corrected chi connectivity index (χ0v) is 17.1. The highest BCUT2D eigenvalue weighted by Crippen LogP contribution is 2.55. The molecular formula is C23H31NO5. The first-order valence-corrected chi connectivity index (χ1v) is 10.6. The van der Waals surface area contributed by atoms with Gasteiger partial charge in [-0.1, -0.05) is 31.6 Å². The standard InChI is InChI=1S/C23H31NO5/c1-13-4-3-5-15-11-19-20(21(27)23(13,15)2)16(22(28)29-19)12-24-9-8-14-6-7-17(25)18(26)10-14/h5-7,10,13,16,19-21,24-27H,3-4,8-9,11-12H2,1-2H3/t13-,16+,19-,20-,21+,23-/m1/s1. The summed E-state index contributed by atoms with van der Waals surface area (Å²) < 4.78 is 5.68. The van der Waals surface area contributed by atoms with Crippen LogP contribution >= 0.6 is 0 Å². The van der Waals surface area contributed by atoms with Crippen molar-refractivity contribution in [3.63, 3.8) is 0 Å². The maximum Gasteiger partial charge on any atom is 0.311 e. The average molecular weight is 402 g/mol. The summed E-state index contributed by atoms with van der Waals surface area (Å²) in [6.45, 7) is 5.44. The molecule has 158 valence electrons. The maximum atomic E-state index is 12.6. The van der Waals surface area contributed by atoms with Crippen molar-refractivity contribution in [1.82, 2.24) is 5.32 Å². The number of phenolic OH excluding ortho intramolecular Hbond substituents is 2. The Labute approximate surface area is 171 Å². The van der Waals surface area contributed by atoms with E-state index in [0.29, 0.717) is 25.4 Å². The van der Waals surface area contributed by atoms with Crippen molar-refractivity contribution in [1.29, 1.82) is 0 Å². The molecule has 6 heteroatoms. The Morgan fingerprint density at radius 3 is 2.83 bits per heavy atom. The Balaban J connectivity index is 1.40. The van der Waals surface area contributed by atoms with Gasteiger partial charge in [0.15, 0.2) is 11.5 Å². The minimum absolute atomic E-state index is 0.131. The summed E-state index contributed by atoms with van der Waals surface area (Å²) in [5.41, 5.74) is 1.86. The highest BCUT2D eigenvalue weighted by Gasteiger charge is 2.59. The van der Waals surface area contributed by atoms with Crippen molar-refractivity contribution in [2.45, 2.75) is 51.7 Å². The second kappa shape index (κ2) is 7.65. The largest absolute Gasteiger partial charge is 0.504 e. The molecule has 0 bridgehead atoms. The van der Waals surface area contributed by atoms with E-state index in [1.165, 1.54) is 11.6 Å². The first kappa shape index (κ1) is 20.2. The Bertz CT molecular complexity index is 821. The summed E-state index contributed by atoms with van der Waals surface area (Å²) in [7, 11) is 0. The number of aliphatic hydroxyl groups excluding tert-OH is 1. The van der Waals surface area contributed by atoms with Crippen LogP contribution in [0.25, 0.3) is 0 Å². The van der Waals surface area contributed by atoms with Crippen molar-refractivity contribution in [2.24, 2.45) is 23.2 Å². The second-order valence-corrected chi connectivity index (χ2v) is 9.08. The Morgan fingerprint density at radius 1 is 1.28 bits per heavy atom. The molecule has 4 N–H and O–H groups in total. The number of esters is 1. The summed E-state index contributed by atoms with van der Waals surface area (Å²) in [6.07, 6.45) is 4.91. The molecule has 1 aromatic carbocycles. The number of rotatable bonds is 5. The molecule has 4 rings (SSSR count). The average Bonchev–Trinajstić information content (AvgIpc) is 2.99. The third-order valence-corrected chi connectivity index (χ3v) is 7.56. The van der Waals surface area contributed by atoms with Gasteiger partial charge in [0, 0.05) is 24.3 Å². The second-order valence-electron chi connectivity index (χ2n) is 9.08. The maximum absolute atomic E-state index is 12.6. The zero-order valence-electron chi connectivity index (χ0n) is 17.1. The molecule has 3 aliphatic rings. The van der Waals surface area contributed by atoms with Gasteiger partial charge in [-0.05, 0) is 49.4 Å². The van der Waals surface area contributed by atoms with Gasteiger partial charge >= 0.3 is 5.97 Å². The Kier molecular flexibility index (Phi) is 5.34. The number of fused-ring (bicyclic) bond motifs is 2. The van der Waals surface area contributed by atoms with Gasteiger partial charge in [0.1, 0.15) is 6.10 Å². The molecule has 0 aromatic heterocycles. The van der Waals surface area contributed by atoms with Crippen molar-refractivity contribution >= 4 is 5.97 Å². The lowest BCUT2D eigenvalue weighted by Crippen LogP contribution is -2.54. The van der Waals surface area contributed by atoms with E-state index in [4.69, 9.17) is 4.74 Å². The smallest absolute Gasteiger partial charge is 0.311 e. The minimum atomic E-state index is -0.588. The predicted octanol–water partition coefficient (Wildman–Crippen LogP) is 2.51. The van der Waals surface area contributed by atoms with E-state index >= 15 is 0 Å². The van der Waals surface area contributed by atoms with Crippen LogP contribution < -0.4 is 5.32 Å². The van der Waals surface area contributed by atoms with E-state index < -0.39 is 6.10 Å². The van der Waals surface area contributed by atoms with Crippen LogP contribution in [0.2, 0.25) is 0 Å². The number of carbonyl (C=O) groups is 1. The lowest BCUT2D eigenvalue weighted by atomic mass is 9.55. The molecule has 1 aliphatic heterocycles. The Morgan fingerprint density at radius 2 is 2.07 bits per heavy atom. The number of hydrogen-bond donors (Lipinski definition) is 4. The predicted molar refractivity (Wildman–Crippen MR) is 108 cm³/mol. The number of nitrogens with one attached hydrogen (secondary N) is 1. The summed E-state index contributed by atoms with van der Waals surface area (Å²) in [5, 5.41) is 33.6. The fourth-order valence-electron chi connectivity index (χ4n) is 5.51. The number of aliphatic hydroxyl groups is 1. The monoisotopic (exact) mass is 401 g/mol. The molecule has 1 aromatic rings. The molecule has 0 radical (unpaired) electrons. The van der Waals surface area contributed by atoms with Crippen molar-refractivity contribution in [3.8, 4) is 11.5 Å². The summed E-state index contributed by atoms with van der Waals surface area (Å²) in [6, 6.07) is 4.78. The topological polar surface area (TPSA) is 99.0 Å². The van der Waals surface area contributed by atoms with Crippen LogP contribution in [0.1, 0.15) is 38.7 Å². The third kappa shape index (κ3) is 3.42. The fourth-order valence-corrected chi connectivity index (χ4v) is 5.51. The molecule has 6 nitrogen and oxygen atoms in total. The molecule has 29 heavy (non-hydrogen) atoms. The fraction of sp³-hybridized carbons (Fsp3) is 0.609. The summed E-state index contributed by atoms with van der Waals surface area (Å²) in [5.74, 6) is -0.638. The van der Waals surface area contributed by atoms with Gasteiger partial charge in [-0.25, -0.2) is 0 Å². The molecule has 0 amide bonds. The number of phenols is 2. The molecule has 1 saturated carbocycles. The molecule has 2 fully saturated rings. The molecule has 0 spiro atoms. The van der Waals surface area contributed by atoms with E-state index in [9.17, 15) is 20.1 Å². The highest BCUT2D eigenvalue weighted by atomic mass is 16.6. The minimum Gasteiger partial charge on any atom is -0.504 e. The quantitative estimate of drug-likeness (QED) is 0.262. The number of allylic oxidation sites excluding steroid dienone is 1. The van der Waals surface area contributed by atoms with Gasteiger partial charge in [-0.2, -0.15) is 0 Å². The van der Waals surface area contributed by atoms with Crippen LogP contribution in [0.5, 0.6) is 11.5 Å². The lowest BCUT2D eigenvalue weighted by molar-refractivity contribution is -0.144. The van der Waals surface area contributed by atoms with Gasteiger partial charge in [0.25, 0.3) is 0 Å². The van der Waals surface area contributed by atoms with Gasteiger partial charge in [-0.15, -0.1) is 0 Å². The SMILES string of the molecule is C[C@@H]1CCC=C2C[C@H]3OC(=O)[C@@H](CNCCc4ccc(O)c(O)c4)[C@H]3[C@H](O)[C@@]21C. The van der Waals surface area contributed by atoms with Crippen LogP contribution in [-0.4, -0.2) is 46.6 Å². The number of aromatic hydroxyl groups is 2. The lowest BCUT2D eigenvalue weighted by Gasteiger charge is -2.51. The Hall–Kier alpha value is -2.05. The van der Waals surface area contributed by atoms with Gasteiger partial charge in [0.05, 0.1) is 12.0 Å². The van der Waals surface area contributed by atoms with Crippen LogP contribution in [0.4, 0.5) is 0 Å². The highest BCUT2D eigenvalue weighted by molar-refractivity contribution is 5.76. The van der Waals surface area contributed by atoms with Crippen molar-refractivity contribution < 1.29 is 24.9 Å². The van der Waals surface area contributed by atoms with Gasteiger partial charge < -0.3 is 25.4 Å². The third-order valence-electron chi connectivity index (χ3n) is 7.56. The number of ether oxygens (including phenoxy) is 1. The van der Waals surface area contributed by atoms with Crippen molar-refractivity contribution in [3.05, 3.63) is 35.4 Å². The van der Waals surface area contributed by atoms with E-state index in [-0.39, 0.29) is 40.8 Å². The molecule has 6 atom stereocenters. The van der Waals surface area contributed by atoms with Crippen molar-refractivity contribution in [2.75, 3.05) is 13.1 Å². The normalized spacial score (nSPS) is 36.2. The number of carbonyl (C=O) groups excluding carboxylic acids is 1. The van der Waals surface area contributed by atoms with Crippen LogP contribution in [0, 0.1) is 23.2 Å². The van der Waals surface area contributed by atoms with Crippen LogP contribution in [0.3, 0.4) is 0 Å². The van der Waals surface area contributed by atoms with Crippen LogP contribution in [0.15, 0.2) is 29.8 Å². The molecule has 0 unspecified atom stereocenters. The van der Waals surface area contributed by atoms with E-state index in [1.54, 1.807) is 12.1 Å². The van der Waals surface area contributed by atoms with Gasteiger partial charge in [0.2, 0.25) is 0 Å². The van der Waals surface area contributed by atoms with E-state index in [1.807, 2.05) is 0 Å². The zero-order chi connectivity index (χ0) is 20.8. The first-order chi connectivity index (χ1) is 13.8. The summed E-state index contributed by atoms with van der Waals surface area (Å²) >= 11 is 0. The molecule has 1 heterocycles. The van der Waals surface area contributed by atoms with Gasteiger partial charge in [-0.3, -0.25) is 4.79 Å².